The number of phenolic OH excluding ortho intramolecular Hbond substituents is 2. The van der Waals surface area contributed by atoms with Crippen molar-refractivity contribution in [1.82, 2.24) is 9.80 Å². The SMILES string of the molecule is Cl.O=C(O)CN(CC(=O)O)Cc1cc2c(cc1O)Oc1cc(O)c(CN(CC(=O)O)CC(=O)O)cc1C21OC(=O)c2ccccc21.[NaH].[NaH]. The van der Waals surface area contributed by atoms with Gasteiger partial charge in [-0.3, -0.25) is 29.0 Å². The van der Waals surface area contributed by atoms with Crippen LogP contribution in [-0.2, 0) is 42.6 Å². The van der Waals surface area contributed by atoms with E-state index >= 15 is 0 Å². The molecule has 5 rings (SSSR count). The number of aliphatic carboxylic acids is 4. The van der Waals surface area contributed by atoms with Gasteiger partial charge in [-0.25, -0.2) is 4.79 Å². The van der Waals surface area contributed by atoms with Gasteiger partial charge >= 0.3 is 89.0 Å². The van der Waals surface area contributed by atoms with Gasteiger partial charge in [-0.15, -0.1) is 12.4 Å². The van der Waals surface area contributed by atoms with Gasteiger partial charge in [0.1, 0.15) is 23.0 Å². The number of hydrogen-bond acceptors (Lipinski definition) is 11. The summed E-state index contributed by atoms with van der Waals surface area (Å²) in [5.74, 6) is -6.62. The number of esters is 1. The summed E-state index contributed by atoms with van der Waals surface area (Å²) < 4.78 is 12.1. The summed E-state index contributed by atoms with van der Waals surface area (Å²) in [6.07, 6.45) is 0. The van der Waals surface area contributed by atoms with Crippen LogP contribution >= 0.6 is 12.4 Å². The van der Waals surface area contributed by atoms with Gasteiger partial charge in [0.25, 0.3) is 0 Å². The molecule has 2 heterocycles. The Hall–Kier alpha value is -3.38. The van der Waals surface area contributed by atoms with Crippen molar-refractivity contribution in [3.63, 3.8) is 0 Å². The van der Waals surface area contributed by atoms with E-state index in [0.717, 1.165) is 9.80 Å². The van der Waals surface area contributed by atoms with Crippen molar-refractivity contribution in [3.8, 4) is 23.0 Å². The first kappa shape index (κ1) is 40.8. The Balaban J connectivity index is 0.00000267. The minimum absolute atomic E-state index is 0. The molecule has 48 heavy (non-hydrogen) atoms. The molecule has 3 aromatic carbocycles. The molecule has 0 amide bonds. The van der Waals surface area contributed by atoms with Crippen molar-refractivity contribution in [2.24, 2.45) is 0 Å². The molecule has 0 radical (unpaired) electrons. The number of carbonyl (C=O) groups excluding carboxylic acids is 1. The number of nitrogens with zero attached hydrogens (tertiary/aromatic N) is 2. The third-order valence-corrected chi connectivity index (χ3v) is 7.34. The van der Waals surface area contributed by atoms with Crippen LogP contribution in [0.2, 0.25) is 0 Å². The molecule has 0 aliphatic carbocycles. The van der Waals surface area contributed by atoms with Crippen molar-refractivity contribution in [3.05, 3.63) is 81.9 Å². The molecule has 6 N–H and O–H groups in total. The Kier molecular flexibility index (Phi) is 13.9. The number of ether oxygens (including phenoxy) is 2. The Morgan fingerprint density at radius 2 is 1.04 bits per heavy atom. The first-order chi connectivity index (χ1) is 21.3. The van der Waals surface area contributed by atoms with E-state index in [9.17, 15) is 54.6 Å². The second-order valence-corrected chi connectivity index (χ2v) is 10.5. The minimum atomic E-state index is -1.75. The van der Waals surface area contributed by atoms with Crippen LogP contribution < -0.4 is 4.74 Å². The van der Waals surface area contributed by atoms with E-state index in [1.165, 1.54) is 30.3 Å². The van der Waals surface area contributed by atoms with Gasteiger partial charge in [0.2, 0.25) is 0 Å². The van der Waals surface area contributed by atoms with E-state index < -0.39 is 61.6 Å². The Labute approximate surface area is 322 Å². The van der Waals surface area contributed by atoms with E-state index in [-0.39, 0.29) is 135 Å². The van der Waals surface area contributed by atoms with Crippen molar-refractivity contribution in [2.45, 2.75) is 18.7 Å². The Morgan fingerprint density at radius 1 is 0.646 bits per heavy atom. The third-order valence-electron chi connectivity index (χ3n) is 7.34. The quantitative estimate of drug-likeness (QED) is 0.113. The van der Waals surface area contributed by atoms with Gasteiger partial charge in [-0.1, -0.05) is 18.2 Å². The zero-order chi connectivity index (χ0) is 32.6. The van der Waals surface area contributed by atoms with E-state index in [0.29, 0.717) is 5.56 Å². The van der Waals surface area contributed by atoms with E-state index in [1.54, 1.807) is 18.2 Å². The summed E-state index contributed by atoms with van der Waals surface area (Å²) in [7, 11) is 0. The predicted octanol–water partition coefficient (Wildman–Crippen LogP) is 0.733. The van der Waals surface area contributed by atoms with Crippen molar-refractivity contribution < 1.29 is 64.1 Å². The van der Waals surface area contributed by atoms with Crippen LogP contribution in [0.5, 0.6) is 23.0 Å². The molecule has 0 aromatic heterocycles. The fourth-order valence-corrected chi connectivity index (χ4v) is 5.66. The molecule has 2 aliphatic heterocycles. The summed E-state index contributed by atoms with van der Waals surface area (Å²) in [5.41, 5.74) is -0.636. The molecule has 0 atom stereocenters. The van der Waals surface area contributed by atoms with Crippen LogP contribution in [0.4, 0.5) is 0 Å². The Morgan fingerprint density at radius 3 is 1.44 bits per heavy atom. The number of carboxylic acid groups (broad SMARTS) is 4. The molecule has 2 aliphatic rings. The number of carboxylic acids is 4. The molecule has 18 heteroatoms. The third kappa shape index (κ3) is 8.25. The van der Waals surface area contributed by atoms with Gasteiger partial charge in [0.15, 0.2) is 5.60 Å². The first-order valence-electron chi connectivity index (χ1n) is 13.3. The number of aromatic hydroxyl groups is 2. The van der Waals surface area contributed by atoms with Crippen LogP contribution in [0.1, 0.15) is 38.2 Å². The molecule has 0 unspecified atom stereocenters. The van der Waals surface area contributed by atoms with Gasteiger partial charge in [-0.05, 0) is 18.2 Å². The van der Waals surface area contributed by atoms with Gasteiger partial charge in [-0.2, -0.15) is 0 Å². The fraction of sp³-hybridized carbons (Fsp3) is 0.233. The summed E-state index contributed by atoms with van der Waals surface area (Å²) in [5, 5.41) is 59.0. The van der Waals surface area contributed by atoms with E-state index in [1.807, 2.05) is 0 Å². The summed E-state index contributed by atoms with van der Waals surface area (Å²) in [6, 6.07) is 11.7. The van der Waals surface area contributed by atoms with Crippen LogP contribution in [-0.4, -0.2) is 156 Å². The van der Waals surface area contributed by atoms with Gasteiger partial charge < -0.3 is 40.1 Å². The van der Waals surface area contributed by atoms with E-state index in [4.69, 9.17) is 9.47 Å². The first-order valence-corrected chi connectivity index (χ1v) is 13.3. The number of phenols is 2. The molecule has 246 valence electrons. The maximum absolute atomic E-state index is 13.3. The number of benzene rings is 3. The number of carbonyl (C=O) groups is 5. The molecule has 3 aromatic rings. The van der Waals surface area contributed by atoms with Crippen molar-refractivity contribution in [2.75, 3.05) is 26.2 Å². The molecule has 0 bridgehead atoms. The average molecular weight is 707 g/mol. The normalized spacial score (nSPS) is 13.1. The van der Waals surface area contributed by atoms with Crippen LogP contribution in [0, 0.1) is 0 Å². The molecular weight excluding hydrogens is 678 g/mol. The topological polar surface area (TPSA) is 232 Å². The van der Waals surface area contributed by atoms with Gasteiger partial charge in [0, 0.05) is 53.0 Å². The predicted molar refractivity (Wildman–Crippen MR) is 171 cm³/mol. The zero-order valence-electron chi connectivity index (χ0n) is 23.7. The van der Waals surface area contributed by atoms with Gasteiger partial charge in [0.05, 0.1) is 31.7 Å². The maximum atomic E-state index is 13.3. The van der Waals surface area contributed by atoms with Crippen molar-refractivity contribution in [1.29, 1.82) is 0 Å². The number of fused-ring (bicyclic) bond motifs is 6. The van der Waals surface area contributed by atoms with Crippen molar-refractivity contribution >= 4 is 101 Å². The van der Waals surface area contributed by atoms with Crippen LogP contribution in [0.15, 0.2) is 48.5 Å². The zero-order valence-corrected chi connectivity index (χ0v) is 24.5. The fourth-order valence-electron chi connectivity index (χ4n) is 5.66. The summed E-state index contributed by atoms with van der Waals surface area (Å²) >= 11 is 0. The molecule has 0 saturated heterocycles. The Bertz CT molecular complexity index is 1650. The second kappa shape index (κ2) is 16.3. The van der Waals surface area contributed by atoms with Crippen LogP contribution in [0.25, 0.3) is 0 Å². The van der Waals surface area contributed by atoms with E-state index in [2.05, 4.69) is 0 Å². The number of halogens is 1. The summed E-state index contributed by atoms with van der Waals surface area (Å²) in [6.45, 7) is -3.27. The van der Waals surface area contributed by atoms with Crippen LogP contribution in [0.3, 0.4) is 0 Å². The number of hydrogen-bond donors (Lipinski definition) is 6. The number of rotatable bonds is 12. The monoisotopic (exact) mass is 706 g/mol. The summed E-state index contributed by atoms with van der Waals surface area (Å²) in [4.78, 5) is 61.0. The molecule has 15 nitrogen and oxygen atoms in total. The standard InChI is InChI=1S/C30H26N2O13.ClH.2Na.2H/c33-21-7-23-19(5-15(21)9-31(11-25(35)36)12-26(37)38)30(18-4-2-1-3-17(18)29(43)45-30)20-6-16(22(34)8-24(20)44-23)10-32(13-27(39)40)14-28(41)42;;;;;/h1-8,33-34H,9-14H2,(H,35,36)(H,37,38)(H,39,40)(H,41,42);1H;;;;. The average Bonchev–Trinajstić information content (AvgIpc) is 3.22. The molecule has 0 saturated carbocycles. The second-order valence-electron chi connectivity index (χ2n) is 10.5. The molecular formula is C30H29ClN2Na2O13. The molecule has 1 spiro atoms. The molecule has 0 fully saturated rings.